The first kappa shape index (κ1) is 7.20. The van der Waals surface area contributed by atoms with E-state index in [4.69, 9.17) is 0 Å². The van der Waals surface area contributed by atoms with Crippen molar-refractivity contribution >= 4 is 13.4 Å². The molecular weight excluding hydrogens is 121 g/mol. The molecule has 0 amide bonds. The van der Waals surface area contributed by atoms with Crippen molar-refractivity contribution in [2.75, 3.05) is 0 Å². The fourth-order valence-corrected chi connectivity index (χ4v) is 0.890. The Bertz CT molecular complexity index is 237. The van der Waals surface area contributed by atoms with E-state index in [0.717, 1.165) is 17.6 Å². The number of hydrogen-bond acceptors (Lipinski definition) is 0. The Balaban J connectivity index is 2.88. The average molecular weight is 133 g/mol. The molecule has 10 heavy (non-hydrogen) atoms. The lowest BCUT2D eigenvalue weighted by molar-refractivity contribution is 1.33. The molecule has 0 aliphatic carbocycles. The van der Waals surface area contributed by atoms with Gasteiger partial charge >= 0.3 is 0 Å². The zero-order chi connectivity index (χ0) is 7.56. The minimum atomic E-state index is 1.09. The molecule has 0 fully saturated rings. The van der Waals surface area contributed by atoms with E-state index in [1.54, 1.807) is 0 Å². The van der Waals surface area contributed by atoms with E-state index < -0.39 is 0 Å². The molecule has 0 unspecified atom stereocenters. The van der Waals surface area contributed by atoms with Gasteiger partial charge in [0.05, 0.1) is 0 Å². The smallest absolute Gasteiger partial charge is 0.107 e. The molecule has 52 valence electrons. The molecule has 0 bridgehead atoms. The molecule has 1 rings (SSSR count). The average Bonchev–Trinajstić information content (AvgIpc) is 2.34. The molecule has 0 saturated heterocycles. The van der Waals surface area contributed by atoms with Crippen molar-refractivity contribution in [2.24, 2.45) is 0 Å². The summed E-state index contributed by atoms with van der Waals surface area (Å²) in [6, 6.07) is 2.14. The van der Waals surface area contributed by atoms with E-state index in [1.165, 1.54) is 5.56 Å². The van der Waals surface area contributed by atoms with Crippen LogP contribution in [0.2, 0.25) is 0 Å². The molecule has 0 aromatic carbocycles. The van der Waals surface area contributed by atoms with Crippen molar-refractivity contribution in [2.45, 2.75) is 13.2 Å². The van der Waals surface area contributed by atoms with Gasteiger partial charge in [0.15, 0.2) is 0 Å². The molecule has 0 aliphatic rings. The van der Waals surface area contributed by atoms with Crippen LogP contribution in [0.5, 0.6) is 0 Å². The van der Waals surface area contributed by atoms with E-state index in [0.29, 0.717) is 0 Å². The van der Waals surface area contributed by atoms with Gasteiger partial charge in [0.1, 0.15) is 7.85 Å². The lowest BCUT2D eigenvalue weighted by atomic mass is 9.99. The van der Waals surface area contributed by atoms with E-state index in [-0.39, 0.29) is 0 Å². The van der Waals surface area contributed by atoms with E-state index in [1.807, 2.05) is 13.1 Å². The minimum absolute atomic E-state index is 1.09. The van der Waals surface area contributed by atoms with Gasteiger partial charge in [-0.15, -0.1) is 0 Å². The molecule has 0 atom stereocenters. The highest BCUT2D eigenvalue weighted by molar-refractivity contribution is 6.08. The van der Waals surface area contributed by atoms with Crippen LogP contribution in [0.3, 0.4) is 0 Å². The molecule has 1 N–H and O–H groups in total. The summed E-state index contributed by atoms with van der Waals surface area (Å²) in [7, 11) is 2.14. The number of rotatable bonds is 2. The lowest BCUT2D eigenvalue weighted by Crippen LogP contribution is -1.76. The quantitative estimate of drug-likeness (QED) is 0.583. The van der Waals surface area contributed by atoms with Crippen LogP contribution < -0.4 is 0 Å². The summed E-state index contributed by atoms with van der Waals surface area (Å²) in [6.45, 7) is 5.85. The highest BCUT2D eigenvalue weighted by Gasteiger charge is 1.95. The lowest BCUT2D eigenvalue weighted by Gasteiger charge is -1.89. The number of aromatic nitrogens is 1. The monoisotopic (exact) mass is 133 g/mol. The second-order valence-corrected chi connectivity index (χ2v) is 2.56. The standard InChI is InChI=1S/C8H12BN/c1-6(2)8-3-7(4-9)5-10-8/h3,5,10H,1,4,9H2,2H3. The highest BCUT2D eigenvalue weighted by atomic mass is 14.7. The van der Waals surface area contributed by atoms with Crippen molar-refractivity contribution in [3.05, 3.63) is 30.1 Å². The Morgan fingerprint density at radius 1 is 1.80 bits per heavy atom. The molecule has 1 aromatic rings. The molecule has 1 aromatic heterocycles. The summed E-state index contributed by atoms with van der Waals surface area (Å²) < 4.78 is 0. The van der Waals surface area contributed by atoms with Crippen LogP contribution in [0.1, 0.15) is 18.2 Å². The van der Waals surface area contributed by atoms with Gasteiger partial charge in [-0.1, -0.05) is 12.9 Å². The molecule has 0 aliphatic heterocycles. The Labute approximate surface area is 62.6 Å². The van der Waals surface area contributed by atoms with Gasteiger partial charge < -0.3 is 4.98 Å². The maximum absolute atomic E-state index is 3.84. The van der Waals surface area contributed by atoms with Crippen LogP contribution in [0, 0.1) is 0 Å². The van der Waals surface area contributed by atoms with Crippen LogP contribution in [0.15, 0.2) is 18.8 Å². The van der Waals surface area contributed by atoms with Crippen molar-refractivity contribution in [3.8, 4) is 0 Å². The first-order valence-corrected chi connectivity index (χ1v) is 3.57. The van der Waals surface area contributed by atoms with Crippen LogP contribution in [0.4, 0.5) is 0 Å². The summed E-state index contributed by atoms with van der Waals surface area (Å²) >= 11 is 0. The summed E-state index contributed by atoms with van der Waals surface area (Å²) in [5, 5.41) is 0. The number of allylic oxidation sites excluding steroid dienone is 1. The third-order valence-corrected chi connectivity index (χ3v) is 1.61. The molecule has 0 radical (unpaired) electrons. The predicted molar refractivity (Wildman–Crippen MR) is 47.7 cm³/mol. The summed E-state index contributed by atoms with van der Waals surface area (Å²) in [4.78, 5) is 3.16. The van der Waals surface area contributed by atoms with Crippen molar-refractivity contribution < 1.29 is 0 Å². The van der Waals surface area contributed by atoms with Crippen LogP contribution >= 0.6 is 0 Å². The van der Waals surface area contributed by atoms with Crippen molar-refractivity contribution in [3.63, 3.8) is 0 Å². The van der Waals surface area contributed by atoms with Crippen LogP contribution in [-0.2, 0) is 6.32 Å². The van der Waals surface area contributed by atoms with E-state index >= 15 is 0 Å². The maximum Gasteiger partial charge on any atom is 0.107 e. The van der Waals surface area contributed by atoms with Gasteiger partial charge in [-0.05, 0) is 24.1 Å². The third-order valence-electron chi connectivity index (χ3n) is 1.61. The Hall–Kier alpha value is -0.915. The Kier molecular flexibility index (Phi) is 2.00. The van der Waals surface area contributed by atoms with E-state index in [2.05, 4.69) is 25.5 Å². The van der Waals surface area contributed by atoms with Gasteiger partial charge in [-0.25, -0.2) is 0 Å². The zero-order valence-electron chi connectivity index (χ0n) is 6.57. The second-order valence-electron chi connectivity index (χ2n) is 2.56. The number of H-pyrrole nitrogens is 1. The van der Waals surface area contributed by atoms with Crippen molar-refractivity contribution in [1.82, 2.24) is 4.98 Å². The predicted octanol–water partition coefficient (Wildman–Crippen LogP) is 1.18. The van der Waals surface area contributed by atoms with Gasteiger partial charge in [-0.3, -0.25) is 0 Å². The Morgan fingerprint density at radius 3 is 2.80 bits per heavy atom. The van der Waals surface area contributed by atoms with Gasteiger partial charge in [0.25, 0.3) is 0 Å². The molecule has 2 heteroatoms. The zero-order valence-corrected chi connectivity index (χ0v) is 6.57. The maximum atomic E-state index is 3.84. The molecule has 1 nitrogen and oxygen atoms in total. The first-order chi connectivity index (χ1) is 4.74. The second kappa shape index (κ2) is 2.78. The SMILES string of the molecule is BCc1c[nH]c(C(=C)C)c1. The van der Waals surface area contributed by atoms with Gasteiger partial charge in [-0.2, -0.15) is 0 Å². The normalized spacial score (nSPS) is 9.70. The fourth-order valence-electron chi connectivity index (χ4n) is 0.890. The topological polar surface area (TPSA) is 15.8 Å². The van der Waals surface area contributed by atoms with Crippen LogP contribution in [-0.4, -0.2) is 12.8 Å². The fraction of sp³-hybridized carbons (Fsp3) is 0.250. The molecule has 1 heterocycles. The Morgan fingerprint density at radius 2 is 2.50 bits per heavy atom. The summed E-state index contributed by atoms with van der Waals surface area (Å²) in [5.41, 5.74) is 3.59. The minimum Gasteiger partial charge on any atom is -0.361 e. The largest absolute Gasteiger partial charge is 0.361 e. The van der Waals surface area contributed by atoms with E-state index in [9.17, 15) is 0 Å². The number of hydrogen-bond donors (Lipinski definition) is 1. The van der Waals surface area contributed by atoms with Gasteiger partial charge in [0, 0.05) is 11.9 Å². The van der Waals surface area contributed by atoms with Crippen LogP contribution in [0.25, 0.3) is 5.57 Å². The molecular formula is C8H12BN. The molecule has 0 spiro atoms. The summed E-state index contributed by atoms with van der Waals surface area (Å²) in [6.07, 6.45) is 3.12. The number of nitrogens with one attached hydrogen (secondary N) is 1. The first-order valence-electron chi connectivity index (χ1n) is 3.57. The molecule has 0 saturated carbocycles. The van der Waals surface area contributed by atoms with Gasteiger partial charge in [0.2, 0.25) is 0 Å². The number of aromatic amines is 1. The summed E-state index contributed by atoms with van der Waals surface area (Å²) in [5.74, 6) is 0. The van der Waals surface area contributed by atoms with Crippen molar-refractivity contribution in [1.29, 1.82) is 0 Å². The highest BCUT2D eigenvalue weighted by Crippen LogP contribution is 2.10. The third kappa shape index (κ3) is 1.32.